The highest BCUT2D eigenvalue weighted by atomic mass is 16.5. The summed E-state index contributed by atoms with van der Waals surface area (Å²) in [6.07, 6.45) is 4.17. The molecule has 84 valence electrons. The smallest absolute Gasteiger partial charge is 0.309 e. The lowest BCUT2D eigenvalue weighted by Gasteiger charge is -2.18. The van der Waals surface area contributed by atoms with Gasteiger partial charge in [-0.3, -0.25) is 4.79 Å². The molecule has 4 nitrogen and oxygen atoms in total. The molecule has 15 heavy (non-hydrogen) atoms. The summed E-state index contributed by atoms with van der Waals surface area (Å²) in [6, 6.07) is 0.136. The summed E-state index contributed by atoms with van der Waals surface area (Å²) >= 11 is 0. The Morgan fingerprint density at radius 3 is 3.13 bits per heavy atom. The number of carbonyl (C=O) groups is 1. The molecule has 2 rings (SSSR count). The van der Waals surface area contributed by atoms with Crippen LogP contribution in [0.3, 0.4) is 0 Å². The van der Waals surface area contributed by atoms with Crippen LogP contribution in [0.5, 0.6) is 0 Å². The van der Waals surface area contributed by atoms with Gasteiger partial charge in [-0.05, 0) is 18.4 Å². The Labute approximate surface area is 89.4 Å². The normalized spacial score (nSPS) is 29.7. The van der Waals surface area contributed by atoms with Gasteiger partial charge in [0, 0.05) is 18.9 Å². The Bertz CT molecular complexity index is 298. The van der Waals surface area contributed by atoms with Crippen LogP contribution in [0.15, 0.2) is 11.3 Å². The van der Waals surface area contributed by atoms with E-state index in [2.05, 4.69) is 4.74 Å². The van der Waals surface area contributed by atoms with E-state index < -0.39 is 0 Å². The lowest BCUT2D eigenvalue weighted by Crippen LogP contribution is -2.25. The molecule has 1 aliphatic carbocycles. The van der Waals surface area contributed by atoms with Gasteiger partial charge in [-0.2, -0.15) is 0 Å². The number of nitrogens with two attached hydrogens (primary N) is 1. The van der Waals surface area contributed by atoms with Crippen LogP contribution in [0.2, 0.25) is 0 Å². The SMILES string of the molecule is COC(=O)CC1CC2=C(CCCC2N)O1. The zero-order valence-electron chi connectivity index (χ0n) is 8.99. The van der Waals surface area contributed by atoms with E-state index >= 15 is 0 Å². The van der Waals surface area contributed by atoms with Crippen molar-refractivity contribution in [3.05, 3.63) is 11.3 Å². The van der Waals surface area contributed by atoms with E-state index in [9.17, 15) is 4.79 Å². The third-order valence-electron chi connectivity index (χ3n) is 3.10. The van der Waals surface area contributed by atoms with Gasteiger partial charge in [0.15, 0.2) is 0 Å². The fourth-order valence-electron chi connectivity index (χ4n) is 2.30. The van der Waals surface area contributed by atoms with E-state index in [1.165, 1.54) is 12.7 Å². The van der Waals surface area contributed by atoms with Crippen LogP contribution in [-0.4, -0.2) is 25.2 Å². The van der Waals surface area contributed by atoms with E-state index in [1.54, 1.807) is 0 Å². The van der Waals surface area contributed by atoms with E-state index in [-0.39, 0.29) is 18.1 Å². The van der Waals surface area contributed by atoms with Gasteiger partial charge in [-0.25, -0.2) is 0 Å². The van der Waals surface area contributed by atoms with Gasteiger partial charge in [0.25, 0.3) is 0 Å². The summed E-state index contributed by atoms with van der Waals surface area (Å²) < 4.78 is 10.3. The molecule has 0 radical (unpaired) electrons. The molecular weight excluding hydrogens is 194 g/mol. The zero-order valence-corrected chi connectivity index (χ0v) is 8.99. The molecule has 2 N–H and O–H groups in total. The predicted octanol–water partition coefficient (Wildman–Crippen LogP) is 1.10. The van der Waals surface area contributed by atoms with Crippen LogP contribution in [0.25, 0.3) is 0 Å². The number of methoxy groups -OCH3 is 1. The molecule has 1 aliphatic heterocycles. The van der Waals surface area contributed by atoms with Gasteiger partial charge in [0.1, 0.15) is 6.10 Å². The lowest BCUT2D eigenvalue weighted by atomic mass is 9.91. The highest BCUT2D eigenvalue weighted by molar-refractivity contribution is 5.70. The van der Waals surface area contributed by atoms with E-state index in [0.29, 0.717) is 6.42 Å². The van der Waals surface area contributed by atoms with Crippen LogP contribution < -0.4 is 5.73 Å². The Morgan fingerprint density at radius 1 is 1.67 bits per heavy atom. The molecular formula is C11H17NO3. The summed E-state index contributed by atoms with van der Waals surface area (Å²) in [6.45, 7) is 0. The molecule has 0 bridgehead atoms. The van der Waals surface area contributed by atoms with E-state index in [0.717, 1.165) is 31.4 Å². The fraction of sp³-hybridized carbons (Fsp3) is 0.727. The minimum absolute atomic E-state index is 0.0494. The van der Waals surface area contributed by atoms with E-state index in [4.69, 9.17) is 10.5 Å². The molecule has 2 atom stereocenters. The molecule has 0 aromatic heterocycles. The van der Waals surface area contributed by atoms with Gasteiger partial charge in [0.05, 0.1) is 19.3 Å². The van der Waals surface area contributed by atoms with Gasteiger partial charge in [0.2, 0.25) is 0 Å². The number of hydrogen-bond acceptors (Lipinski definition) is 4. The number of esters is 1. The molecule has 2 unspecified atom stereocenters. The Balaban J connectivity index is 1.95. The van der Waals surface area contributed by atoms with Gasteiger partial charge in [-0.1, -0.05) is 0 Å². The van der Waals surface area contributed by atoms with Crippen molar-refractivity contribution in [2.45, 2.75) is 44.2 Å². The summed E-state index contributed by atoms with van der Waals surface area (Å²) in [5.41, 5.74) is 7.21. The predicted molar refractivity (Wildman–Crippen MR) is 55.0 cm³/mol. The zero-order chi connectivity index (χ0) is 10.8. The van der Waals surface area contributed by atoms with E-state index in [1.807, 2.05) is 0 Å². The molecule has 4 heteroatoms. The standard InChI is InChI=1S/C11H17NO3/c1-14-11(13)6-7-5-8-9(12)3-2-4-10(8)15-7/h7,9H,2-6,12H2,1H3. The maximum atomic E-state index is 11.1. The van der Waals surface area contributed by atoms with Crippen LogP contribution >= 0.6 is 0 Å². The summed E-state index contributed by atoms with van der Waals surface area (Å²) in [4.78, 5) is 11.1. The monoisotopic (exact) mass is 211 g/mol. The molecule has 0 spiro atoms. The second-order valence-corrected chi connectivity index (χ2v) is 4.17. The molecule has 1 heterocycles. The Morgan fingerprint density at radius 2 is 2.47 bits per heavy atom. The first-order valence-electron chi connectivity index (χ1n) is 5.41. The van der Waals surface area contributed by atoms with Crippen LogP contribution in [-0.2, 0) is 14.3 Å². The van der Waals surface area contributed by atoms with Crippen molar-refractivity contribution in [1.82, 2.24) is 0 Å². The van der Waals surface area contributed by atoms with Crippen LogP contribution in [0, 0.1) is 0 Å². The number of ether oxygens (including phenoxy) is 2. The maximum absolute atomic E-state index is 11.1. The lowest BCUT2D eigenvalue weighted by molar-refractivity contribution is -0.142. The summed E-state index contributed by atoms with van der Waals surface area (Å²) in [7, 11) is 1.40. The first kappa shape index (κ1) is 10.5. The second-order valence-electron chi connectivity index (χ2n) is 4.17. The molecule has 0 fully saturated rings. The van der Waals surface area contributed by atoms with Crippen molar-refractivity contribution >= 4 is 5.97 Å². The highest BCUT2D eigenvalue weighted by Gasteiger charge is 2.32. The fourth-order valence-corrected chi connectivity index (χ4v) is 2.30. The topological polar surface area (TPSA) is 61.5 Å². The van der Waals surface area contributed by atoms with Crippen LogP contribution in [0.1, 0.15) is 32.1 Å². The minimum Gasteiger partial charge on any atom is -0.494 e. The third kappa shape index (κ3) is 2.15. The van der Waals surface area contributed by atoms with Gasteiger partial charge >= 0.3 is 5.97 Å². The third-order valence-corrected chi connectivity index (χ3v) is 3.10. The minimum atomic E-state index is -0.214. The maximum Gasteiger partial charge on any atom is 0.309 e. The number of rotatable bonds is 2. The van der Waals surface area contributed by atoms with Gasteiger partial charge in [-0.15, -0.1) is 0 Å². The molecule has 0 saturated carbocycles. The molecule has 0 aromatic rings. The average Bonchev–Trinajstić information content (AvgIpc) is 2.62. The Hall–Kier alpha value is -1.03. The molecule has 0 aromatic carbocycles. The van der Waals surface area contributed by atoms with Crippen molar-refractivity contribution in [3.63, 3.8) is 0 Å². The van der Waals surface area contributed by atoms with Crippen molar-refractivity contribution < 1.29 is 14.3 Å². The molecule has 0 saturated heterocycles. The largest absolute Gasteiger partial charge is 0.494 e. The van der Waals surface area contributed by atoms with Crippen molar-refractivity contribution in [1.29, 1.82) is 0 Å². The number of allylic oxidation sites excluding steroid dienone is 1. The highest BCUT2D eigenvalue weighted by Crippen LogP contribution is 2.36. The quantitative estimate of drug-likeness (QED) is 0.695. The van der Waals surface area contributed by atoms with Crippen molar-refractivity contribution in [2.24, 2.45) is 5.73 Å². The molecule has 0 amide bonds. The average molecular weight is 211 g/mol. The summed E-state index contributed by atoms with van der Waals surface area (Å²) in [5.74, 6) is 0.816. The van der Waals surface area contributed by atoms with Gasteiger partial charge < -0.3 is 15.2 Å². The number of hydrogen-bond donors (Lipinski definition) is 1. The molecule has 2 aliphatic rings. The second kappa shape index (κ2) is 4.23. The Kier molecular flexibility index (Phi) is 2.95. The first-order valence-corrected chi connectivity index (χ1v) is 5.41. The summed E-state index contributed by atoms with van der Waals surface area (Å²) in [5, 5.41) is 0. The van der Waals surface area contributed by atoms with Crippen molar-refractivity contribution in [2.75, 3.05) is 7.11 Å². The number of carbonyl (C=O) groups excluding carboxylic acids is 1. The van der Waals surface area contributed by atoms with Crippen LogP contribution in [0.4, 0.5) is 0 Å². The van der Waals surface area contributed by atoms with Crippen molar-refractivity contribution in [3.8, 4) is 0 Å². The first-order chi connectivity index (χ1) is 7.20.